The fourth-order valence-corrected chi connectivity index (χ4v) is 13.7. The van der Waals surface area contributed by atoms with Gasteiger partial charge in [-0.3, -0.25) is 0 Å². The van der Waals surface area contributed by atoms with Gasteiger partial charge in [0.2, 0.25) is 0 Å². The van der Waals surface area contributed by atoms with Crippen molar-refractivity contribution in [3.05, 3.63) is 80.5 Å². The number of unbranched alkanes of at least 4 members (excludes halogenated alkanes) is 4. The molecule has 0 saturated heterocycles. The molecule has 0 aromatic carbocycles. The summed E-state index contributed by atoms with van der Waals surface area (Å²) in [6.45, 7) is 13.8. The van der Waals surface area contributed by atoms with Crippen LogP contribution in [0.4, 0.5) is 0 Å². The van der Waals surface area contributed by atoms with Crippen molar-refractivity contribution in [1.29, 1.82) is 0 Å². The molecule has 6 rings (SSSR count). The Morgan fingerprint density at radius 1 is 0.333 bits per heavy atom. The molecule has 0 bridgehead atoms. The molecule has 6 heteroatoms. The van der Waals surface area contributed by atoms with Crippen molar-refractivity contribution in [3.63, 3.8) is 0 Å². The molecule has 48 heavy (non-hydrogen) atoms. The molecule has 0 radical (unpaired) electrons. The lowest BCUT2D eigenvalue weighted by molar-refractivity contribution is 0.764. The summed E-state index contributed by atoms with van der Waals surface area (Å²) in [4.78, 5) is 17.6. The van der Waals surface area contributed by atoms with E-state index in [1.807, 2.05) is 45.3 Å². The maximum atomic E-state index is 2.42. The summed E-state index contributed by atoms with van der Waals surface area (Å²) >= 11 is 12.1. The maximum Gasteiger partial charge on any atom is 0.0484 e. The van der Waals surface area contributed by atoms with E-state index in [9.17, 15) is 0 Å². The van der Waals surface area contributed by atoms with Crippen LogP contribution in [-0.4, -0.2) is 0 Å². The molecular weight excluding hydrogens is 697 g/mol. The number of aryl methyl sites for hydroxylation is 2. The molecule has 0 amide bonds. The van der Waals surface area contributed by atoms with Crippen molar-refractivity contribution < 1.29 is 0 Å². The van der Waals surface area contributed by atoms with Gasteiger partial charge in [0, 0.05) is 58.5 Å². The summed E-state index contributed by atoms with van der Waals surface area (Å²) in [7, 11) is 0. The number of rotatable bonds is 17. The predicted molar refractivity (Wildman–Crippen MR) is 225 cm³/mol. The highest BCUT2D eigenvalue weighted by Crippen LogP contribution is 2.51. The van der Waals surface area contributed by atoms with E-state index in [1.165, 1.54) is 136 Å². The lowest BCUT2D eigenvalue weighted by Crippen LogP contribution is -1.94. The Bertz CT molecular complexity index is 1770. The zero-order chi connectivity index (χ0) is 33.6. The average molecular weight is 747 g/mol. The van der Waals surface area contributed by atoms with Gasteiger partial charge in [-0.1, -0.05) is 53.4 Å². The minimum Gasteiger partial charge on any atom is -0.140 e. The van der Waals surface area contributed by atoms with Crippen molar-refractivity contribution in [2.24, 2.45) is 0 Å². The molecule has 0 N–H and O–H groups in total. The van der Waals surface area contributed by atoms with Crippen molar-refractivity contribution in [2.75, 3.05) is 0 Å². The quantitative estimate of drug-likeness (QED) is 0.0872. The molecule has 6 aromatic rings. The van der Waals surface area contributed by atoms with Gasteiger partial charge in [0.25, 0.3) is 0 Å². The van der Waals surface area contributed by atoms with E-state index in [1.54, 1.807) is 22.3 Å². The summed E-state index contributed by atoms with van der Waals surface area (Å²) in [5.41, 5.74) is 6.53. The smallest absolute Gasteiger partial charge is 0.0484 e. The number of thiophene rings is 6. The normalized spacial score (nSPS) is 11.7. The van der Waals surface area contributed by atoms with E-state index in [-0.39, 0.29) is 0 Å². The lowest BCUT2D eigenvalue weighted by Gasteiger charge is -2.08. The van der Waals surface area contributed by atoms with Crippen LogP contribution in [0, 0.1) is 13.8 Å². The van der Waals surface area contributed by atoms with E-state index in [0.717, 1.165) is 0 Å². The van der Waals surface area contributed by atoms with Crippen LogP contribution < -0.4 is 0 Å². The lowest BCUT2D eigenvalue weighted by atomic mass is 9.97. The number of hydrogen-bond acceptors (Lipinski definition) is 6. The van der Waals surface area contributed by atoms with E-state index >= 15 is 0 Å². The van der Waals surface area contributed by atoms with Gasteiger partial charge in [-0.15, -0.1) is 68.0 Å². The Labute approximate surface area is 313 Å². The SMILES string of the molecule is CCCCc1c(-c2ccc(C)s2)sc(-c2ccc(-c3ccc(-c4sc(-c5ccc(C)s5)c(CCCC)c4CCCC)s3)s2)c1CCCC. The second-order valence-electron chi connectivity index (χ2n) is 13.0. The number of hydrogen-bond donors (Lipinski definition) is 0. The van der Waals surface area contributed by atoms with Crippen molar-refractivity contribution >= 4 is 68.0 Å². The Kier molecular flexibility index (Phi) is 12.7. The van der Waals surface area contributed by atoms with Gasteiger partial charge in [0.1, 0.15) is 0 Å². The highest BCUT2D eigenvalue weighted by Gasteiger charge is 2.24. The van der Waals surface area contributed by atoms with Gasteiger partial charge in [-0.05, 0) is 136 Å². The third-order valence-corrected chi connectivity index (χ3v) is 16.8. The van der Waals surface area contributed by atoms with Gasteiger partial charge in [0.05, 0.1) is 0 Å². The molecule has 0 aliphatic carbocycles. The largest absolute Gasteiger partial charge is 0.140 e. The topological polar surface area (TPSA) is 0 Å². The fraction of sp³-hybridized carbons (Fsp3) is 0.429. The minimum atomic E-state index is 1.19. The molecule has 0 aliphatic rings. The van der Waals surface area contributed by atoms with Gasteiger partial charge < -0.3 is 0 Å². The first-order valence-corrected chi connectivity index (χ1v) is 23.0. The van der Waals surface area contributed by atoms with E-state index in [0.29, 0.717) is 0 Å². The van der Waals surface area contributed by atoms with Crippen LogP contribution in [0.2, 0.25) is 0 Å². The standard InChI is InChI=1S/C42H50S6/c1-7-11-15-29-31(17-13-9-3)41(47-39(29)35-21-19-27(5)43-35)37-25-23-33(45-37)34-24-26-38(46-34)42-32(18-14-10-4)30(16-12-8-2)40(48-42)36-22-20-28(6)44-36/h19-26H,7-18H2,1-6H3. The van der Waals surface area contributed by atoms with Crippen molar-refractivity contribution in [1.82, 2.24) is 0 Å². The first kappa shape index (κ1) is 36.0. The van der Waals surface area contributed by atoms with Gasteiger partial charge in [0.15, 0.2) is 0 Å². The predicted octanol–water partition coefficient (Wildman–Crippen LogP) is 16.4. The molecule has 0 aliphatic heterocycles. The molecule has 0 saturated carbocycles. The monoisotopic (exact) mass is 746 g/mol. The van der Waals surface area contributed by atoms with Crippen LogP contribution in [0.5, 0.6) is 0 Å². The summed E-state index contributed by atoms with van der Waals surface area (Å²) in [6.07, 6.45) is 14.8. The third kappa shape index (κ3) is 7.90. The molecule has 0 unspecified atom stereocenters. The Hall–Kier alpha value is -1.80. The second-order valence-corrected chi connectivity index (χ2v) is 19.8. The molecule has 0 fully saturated rings. The van der Waals surface area contributed by atoms with E-state index in [4.69, 9.17) is 0 Å². The third-order valence-electron chi connectivity index (χ3n) is 9.19. The zero-order valence-electron chi connectivity index (χ0n) is 29.6. The van der Waals surface area contributed by atoms with Crippen LogP contribution >= 0.6 is 68.0 Å². The summed E-state index contributed by atoms with van der Waals surface area (Å²) in [5.74, 6) is 0. The van der Waals surface area contributed by atoms with Gasteiger partial charge in [-0.2, -0.15) is 0 Å². The van der Waals surface area contributed by atoms with Crippen molar-refractivity contribution in [2.45, 2.75) is 119 Å². The molecule has 6 aromatic heterocycles. The van der Waals surface area contributed by atoms with Crippen LogP contribution in [0.15, 0.2) is 48.5 Å². The second kappa shape index (κ2) is 16.9. The Morgan fingerprint density at radius 3 is 0.875 bits per heavy atom. The molecular formula is C42H50S6. The van der Waals surface area contributed by atoms with E-state index in [2.05, 4.69) is 113 Å². The summed E-state index contributed by atoms with van der Waals surface area (Å²) in [5, 5.41) is 0. The Morgan fingerprint density at radius 2 is 0.604 bits per heavy atom. The molecule has 6 heterocycles. The Balaban J connectivity index is 1.38. The molecule has 0 atom stereocenters. The van der Waals surface area contributed by atoms with Crippen LogP contribution in [-0.2, 0) is 25.7 Å². The first-order valence-electron chi connectivity index (χ1n) is 18.1. The van der Waals surface area contributed by atoms with Crippen LogP contribution in [0.3, 0.4) is 0 Å². The molecule has 0 nitrogen and oxygen atoms in total. The van der Waals surface area contributed by atoms with Gasteiger partial charge >= 0.3 is 0 Å². The highest BCUT2D eigenvalue weighted by atomic mass is 32.1. The minimum absolute atomic E-state index is 1.19. The maximum absolute atomic E-state index is 2.42. The van der Waals surface area contributed by atoms with Gasteiger partial charge in [-0.25, -0.2) is 0 Å². The van der Waals surface area contributed by atoms with Crippen molar-refractivity contribution in [3.8, 4) is 48.8 Å². The molecule has 0 spiro atoms. The summed E-state index contributed by atoms with van der Waals surface area (Å²) in [6, 6.07) is 19.0. The first-order chi connectivity index (χ1) is 23.4. The van der Waals surface area contributed by atoms with E-state index < -0.39 is 0 Å². The van der Waals surface area contributed by atoms with Crippen LogP contribution in [0.25, 0.3) is 48.8 Å². The summed E-state index contributed by atoms with van der Waals surface area (Å²) < 4.78 is 0. The fourth-order valence-electron chi connectivity index (χ4n) is 6.56. The van der Waals surface area contributed by atoms with Crippen LogP contribution in [0.1, 0.15) is 111 Å². The highest BCUT2D eigenvalue weighted by molar-refractivity contribution is 7.30. The molecule has 254 valence electrons. The zero-order valence-corrected chi connectivity index (χ0v) is 34.5. The average Bonchev–Trinajstić information content (AvgIpc) is 3.93.